The summed E-state index contributed by atoms with van der Waals surface area (Å²) in [6.45, 7) is 3.79. The number of hydrogen-bond donors (Lipinski definition) is 2. The fourth-order valence-electron chi connectivity index (χ4n) is 3.73. The summed E-state index contributed by atoms with van der Waals surface area (Å²) >= 11 is 0. The molecular formula is C18H22ClFN4O2. The number of carbonyl (C=O) groups excluding carboxylic acids is 1. The summed E-state index contributed by atoms with van der Waals surface area (Å²) in [6.07, 6.45) is 3.08. The molecule has 2 unspecified atom stereocenters. The van der Waals surface area contributed by atoms with Crippen molar-refractivity contribution in [1.82, 2.24) is 20.8 Å². The first-order chi connectivity index (χ1) is 12.1. The summed E-state index contributed by atoms with van der Waals surface area (Å²) in [5, 5.41) is 10.2. The first kappa shape index (κ1) is 18.8. The Morgan fingerprint density at radius 3 is 2.92 bits per heavy atom. The molecule has 1 aliphatic heterocycles. The van der Waals surface area contributed by atoms with E-state index in [-0.39, 0.29) is 41.5 Å². The zero-order valence-corrected chi connectivity index (χ0v) is 15.3. The van der Waals surface area contributed by atoms with Crippen molar-refractivity contribution >= 4 is 18.3 Å². The molecule has 1 saturated heterocycles. The van der Waals surface area contributed by atoms with Gasteiger partial charge >= 0.3 is 0 Å². The van der Waals surface area contributed by atoms with Crippen LogP contribution in [0, 0.1) is 17.2 Å². The van der Waals surface area contributed by atoms with E-state index >= 15 is 0 Å². The van der Waals surface area contributed by atoms with Gasteiger partial charge in [-0.3, -0.25) is 4.79 Å². The van der Waals surface area contributed by atoms with E-state index in [0.29, 0.717) is 17.3 Å². The number of hydrogen-bond acceptors (Lipinski definition) is 5. The van der Waals surface area contributed by atoms with Crippen molar-refractivity contribution in [3.8, 4) is 11.4 Å². The number of carbonyl (C=O) groups is 1. The average Bonchev–Trinajstić information content (AvgIpc) is 3.08. The van der Waals surface area contributed by atoms with Crippen LogP contribution in [0.4, 0.5) is 4.39 Å². The Morgan fingerprint density at radius 1 is 1.42 bits per heavy atom. The maximum Gasteiger partial charge on any atom is 0.249 e. The van der Waals surface area contributed by atoms with Crippen molar-refractivity contribution in [2.75, 3.05) is 13.1 Å². The number of piperidine rings is 1. The third kappa shape index (κ3) is 3.59. The van der Waals surface area contributed by atoms with Crippen LogP contribution in [0.1, 0.15) is 38.1 Å². The summed E-state index contributed by atoms with van der Waals surface area (Å²) < 4.78 is 18.6. The van der Waals surface area contributed by atoms with Crippen LogP contribution in [0.2, 0.25) is 0 Å². The number of nitrogens with one attached hydrogen (secondary N) is 2. The van der Waals surface area contributed by atoms with Crippen LogP contribution in [-0.4, -0.2) is 29.1 Å². The normalized spacial score (nSPS) is 21.7. The molecule has 2 N–H and O–H groups in total. The van der Waals surface area contributed by atoms with E-state index in [9.17, 15) is 9.18 Å². The molecule has 2 aromatic rings. The van der Waals surface area contributed by atoms with Crippen LogP contribution < -0.4 is 10.6 Å². The largest absolute Gasteiger partial charge is 0.344 e. The predicted octanol–water partition coefficient (Wildman–Crippen LogP) is 2.86. The van der Waals surface area contributed by atoms with Crippen molar-refractivity contribution in [3.05, 3.63) is 36.0 Å². The molecule has 2 heterocycles. The second-order valence-electron chi connectivity index (χ2n) is 7.07. The lowest BCUT2D eigenvalue weighted by Crippen LogP contribution is -2.34. The molecule has 6 nitrogen and oxygen atoms in total. The molecule has 1 amide bonds. The van der Waals surface area contributed by atoms with Crippen molar-refractivity contribution in [2.24, 2.45) is 11.3 Å². The molecule has 1 aromatic carbocycles. The third-order valence-corrected chi connectivity index (χ3v) is 5.36. The van der Waals surface area contributed by atoms with E-state index in [0.717, 1.165) is 32.4 Å². The summed E-state index contributed by atoms with van der Waals surface area (Å²) in [5.74, 6) is 0.429. The lowest BCUT2D eigenvalue weighted by atomic mass is 9.91. The van der Waals surface area contributed by atoms with E-state index < -0.39 is 0 Å². The zero-order valence-electron chi connectivity index (χ0n) is 14.5. The molecule has 2 fully saturated rings. The van der Waals surface area contributed by atoms with E-state index in [4.69, 9.17) is 4.52 Å². The fourth-order valence-corrected chi connectivity index (χ4v) is 3.73. The number of amides is 1. The van der Waals surface area contributed by atoms with Gasteiger partial charge in [0.1, 0.15) is 11.9 Å². The van der Waals surface area contributed by atoms with E-state index in [1.165, 1.54) is 12.1 Å². The standard InChI is InChI=1S/C18H21FN4O2.ClH/c1-11(21-16(24)14-10-18(14)5-7-20-8-6-18)17-22-15(23-25-17)12-3-2-4-13(19)9-12;/h2-4,9,11,14,20H,5-8,10H2,1H3,(H,21,24);1H. The smallest absolute Gasteiger partial charge is 0.249 e. The molecule has 8 heteroatoms. The Labute approximate surface area is 157 Å². The van der Waals surface area contributed by atoms with Crippen molar-refractivity contribution < 1.29 is 13.7 Å². The summed E-state index contributed by atoms with van der Waals surface area (Å²) in [6, 6.07) is 5.65. The van der Waals surface area contributed by atoms with Gasteiger partial charge in [0.2, 0.25) is 17.6 Å². The van der Waals surface area contributed by atoms with Gasteiger partial charge in [-0.2, -0.15) is 4.98 Å². The molecule has 26 heavy (non-hydrogen) atoms. The van der Waals surface area contributed by atoms with Crippen LogP contribution >= 0.6 is 12.4 Å². The fraction of sp³-hybridized carbons (Fsp3) is 0.500. The number of benzene rings is 1. The lowest BCUT2D eigenvalue weighted by molar-refractivity contribution is -0.124. The van der Waals surface area contributed by atoms with Crippen LogP contribution in [0.3, 0.4) is 0 Å². The molecule has 140 valence electrons. The predicted molar refractivity (Wildman–Crippen MR) is 96.1 cm³/mol. The second kappa shape index (κ2) is 7.32. The molecule has 2 atom stereocenters. The molecule has 1 aliphatic carbocycles. The zero-order chi connectivity index (χ0) is 17.4. The maximum atomic E-state index is 13.3. The number of halogens is 2. The van der Waals surface area contributed by atoms with Crippen LogP contribution in [-0.2, 0) is 4.79 Å². The van der Waals surface area contributed by atoms with Gasteiger partial charge < -0.3 is 15.2 Å². The molecule has 2 aliphatic rings. The molecule has 1 saturated carbocycles. The molecule has 1 spiro atoms. The Morgan fingerprint density at radius 2 is 2.19 bits per heavy atom. The first-order valence-corrected chi connectivity index (χ1v) is 8.68. The van der Waals surface area contributed by atoms with Gasteiger partial charge in [-0.15, -0.1) is 12.4 Å². The average molecular weight is 381 g/mol. The van der Waals surface area contributed by atoms with Gasteiger partial charge in [-0.05, 0) is 56.8 Å². The van der Waals surface area contributed by atoms with Crippen LogP contribution in [0.5, 0.6) is 0 Å². The van der Waals surface area contributed by atoms with E-state index in [2.05, 4.69) is 20.8 Å². The lowest BCUT2D eigenvalue weighted by Gasteiger charge is -2.23. The van der Waals surface area contributed by atoms with Crippen molar-refractivity contribution in [1.29, 1.82) is 0 Å². The highest BCUT2D eigenvalue weighted by Crippen LogP contribution is 2.58. The Kier molecular flexibility index (Phi) is 5.29. The van der Waals surface area contributed by atoms with Crippen LogP contribution in [0.25, 0.3) is 11.4 Å². The van der Waals surface area contributed by atoms with Crippen molar-refractivity contribution in [2.45, 2.75) is 32.2 Å². The highest BCUT2D eigenvalue weighted by atomic mass is 35.5. The van der Waals surface area contributed by atoms with Gasteiger partial charge in [0.05, 0.1) is 0 Å². The number of nitrogens with zero attached hydrogens (tertiary/aromatic N) is 2. The topological polar surface area (TPSA) is 80.0 Å². The molecule has 0 radical (unpaired) electrons. The van der Waals surface area contributed by atoms with Gasteiger partial charge in [0.15, 0.2) is 0 Å². The molecule has 1 aromatic heterocycles. The quantitative estimate of drug-likeness (QED) is 0.852. The summed E-state index contributed by atoms with van der Waals surface area (Å²) in [7, 11) is 0. The van der Waals surface area contributed by atoms with E-state index in [1.54, 1.807) is 12.1 Å². The molecular weight excluding hydrogens is 359 g/mol. The maximum absolute atomic E-state index is 13.3. The Bertz CT molecular complexity index is 791. The van der Waals surface area contributed by atoms with Gasteiger partial charge in [-0.1, -0.05) is 17.3 Å². The third-order valence-electron chi connectivity index (χ3n) is 5.36. The van der Waals surface area contributed by atoms with E-state index in [1.807, 2.05) is 6.92 Å². The number of aromatic nitrogens is 2. The minimum atomic E-state index is -0.373. The summed E-state index contributed by atoms with van der Waals surface area (Å²) in [4.78, 5) is 16.8. The van der Waals surface area contributed by atoms with Crippen molar-refractivity contribution in [3.63, 3.8) is 0 Å². The minimum Gasteiger partial charge on any atom is -0.344 e. The highest BCUT2D eigenvalue weighted by molar-refractivity contribution is 5.85. The van der Waals surface area contributed by atoms with Gasteiger partial charge in [-0.25, -0.2) is 4.39 Å². The first-order valence-electron chi connectivity index (χ1n) is 8.68. The van der Waals surface area contributed by atoms with Gasteiger partial charge in [0.25, 0.3) is 0 Å². The minimum absolute atomic E-state index is 0. The highest BCUT2D eigenvalue weighted by Gasteiger charge is 2.57. The Balaban J connectivity index is 0.00000196. The molecule has 0 bridgehead atoms. The van der Waals surface area contributed by atoms with Gasteiger partial charge in [0, 0.05) is 11.5 Å². The summed E-state index contributed by atoms with van der Waals surface area (Å²) in [5.41, 5.74) is 0.737. The monoisotopic (exact) mass is 380 g/mol. The number of rotatable bonds is 4. The Hall–Kier alpha value is -1.99. The van der Waals surface area contributed by atoms with Crippen LogP contribution in [0.15, 0.2) is 28.8 Å². The second-order valence-corrected chi connectivity index (χ2v) is 7.07. The SMILES string of the molecule is CC(NC(=O)C1CC12CCNCC2)c1nc(-c2cccc(F)c2)no1.Cl. The molecule has 4 rings (SSSR count).